The highest BCUT2D eigenvalue weighted by atomic mass is 35.5. The fourth-order valence-electron chi connectivity index (χ4n) is 2.50. The molecular weight excluding hydrogens is 360 g/mol. The summed E-state index contributed by atoms with van der Waals surface area (Å²) in [7, 11) is 0. The molecule has 3 aromatic rings. The van der Waals surface area contributed by atoms with Crippen molar-refractivity contribution < 1.29 is 4.90 Å². The number of thiophene rings is 1. The second-order valence-electron chi connectivity index (χ2n) is 5.43. The van der Waals surface area contributed by atoms with Crippen LogP contribution in [0.4, 0.5) is 0 Å². The molecule has 2 aromatic heterocycles. The largest absolute Gasteiger partial charge is 0.309 e. The third-order valence-electron chi connectivity index (χ3n) is 3.59. The van der Waals surface area contributed by atoms with Crippen molar-refractivity contribution in [3.63, 3.8) is 0 Å². The van der Waals surface area contributed by atoms with Crippen molar-refractivity contribution >= 4 is 35.2 Å². The molecule has 4 nitrogen and oxygen atoms in total. The monoisotopic (exact) mass is 377 g/mol. The summed E-state index contributed by atoms with van der Waals surface area (Å²) < 4.78 is 3.28. The van der Waals surface area contributed by atoms with E-state index in [1.807, 2.05) is 47.2 Å². The summed E-state index contributed by atoms with van der Waals surface area (Å²) in [6.45, 7) is 6.25. The van der Waals surface area contributed by atoms with Gasteiger partial charge in [0, 0.05) is 5.56 Å². The average Bonchev–Trinajstić information content (AvgIpc) is 3.15. The van der Waals surface area contributed by atoms with E-state index < -0.39 is 0 Å². The van der Waals surface area contributed by atoms with Crippen molar-refractivity contribution in [2.45, 2.75) is 13.2 Å². The first-order chi connectivity index (χ1) is 11.7. The lowest BCUT2D eigenvalue weighted by molar-refractivity contribution is -0.931. The predicted octanol–water partition coefficient (Wildman–Crippen LogP) is 3.55. The lowest BCUT2D eigenvalue weighted by Crippen LogP contribution is -3.09. The van der Waals surface area contributed by atoms with Crippen LogP contribution in [0.1, 0.15) is 4.88 Å². The maximum atomic E-state index is 6.03. The Morgan fingerprint density at radius 2 is 2.08 bits per heavy atom. The molecule has 3 rings (SSSR count). The van der Waals surface area contributed by atoms with Gasteiger partial charge < -0.3 is 4.90 Å². The maximum Gasteiger partial charge on any atom is 0.221 e. The van der Waals surface area contributed by atoms with Crippen LogP contribution in [0.25, 0.3) is 11.4 Å². The summed E-state index contributed by atoms with van der Waals surface area (Å²) in [4.78, 5) is 7.02. The number of nitrogens with one attached hydrogen (secondary N) is 2. The summed E-state index contributed by atoms with van der Waals surface area (Å²) in [5.41, 5.74) is 1.03. The van der Waals surface area contributed by atoms with Crippen molar-refractivity contribution in [1.29, 1.82) is 0 Å². The molecule has 0 saturated heterocycles. The lowest BCUT2D eigenvalue weighted by Gasteiger charge is -2.17. The van der Waals surface area contributed by atoms with E-state index in [1.165, 1.54) is 9.78 Å². The number of hydrogen-bond acceptors (Lipinski definition) is 3. The molecule has 124 valence electrons. The Bertz CT molecular complexity index is 866. The molecule has 0 saturated carbocycles. The number of halogens is 1. The van der Waals surface area contributed by atoms with Gasteiger partial charge in [0.1, 0.15) is 6.54 Å². The molecule has 0 aliphatic carbocycles. The van der Waals surface area contributed by atoms with Gasteiger partial charge in [-0.1, -0.05) is 48.5 Å². The van der Waals surface area contributed by atoms with E-state index in [0.29, 0.717) is 11.4 Å². The minimum Gasteiger partial charge on any atom is -0.309 e. The van der Waals surface area contributed by atoms with Crippen molar-refractivity contribution in [3.05, 3.63) is 69.1 Å². The number of rotatable bonds is 7. The van der Waals surface area contributed by atoms with Gasteiger partial charge in [-0.15, -0.1) is 11.3 Å². The van der Waals surface area contributed by atoms with Crippen molar-refractivity contribution in [2.75, 3.05) is 6.54 Å². The average molecular weight is 378 g/mol. The zero-order valence-corrected chi connectivity index (χ0v) is 15.4. The quantitative estimate of drug-likeness (QED) is 0.488. The normalized spacial score (nSPS) is 12.2. The fraction of sp³-hybridized carbons (Fsp3) is 0.176. The third kappa shape index (κ3) is 4.21. The van der Waals surface area contributed by atoms with E-state index in [2.05, 4.69) is 22.7 Å². The van der Waals surface area contributed by atoms with Gasteiger partial charge in [0.25, 0.3) is 0 Å². The van der Waals surface area contributed by atoms with Crippen molar-refractivity contribution in [1.82, 2.24) is 14.8 Å². The van der Waals surface area contributed by atoms with E-state index in [-0.39, 0.29) is 0 Å². The first kappa shape index (κ1) is 17.1. The minimum absolute atomic E-state index is 0.555. The number of H-pyrrole nitrogens is 1. The fourth-order valence-corrected chi connectivity index (χ4v) is 3.86. The molecule has 0 aliphatic rings. The summed E-state index contributed by atoms with van der Waals surface area (Å²) >= 11 is 13.0. The molecule has 0 bridgehead atoms. The van der Waals surface area contributed by atoms with Crippen LogP contribution >= 0.6 is 35.2 Å². The molecule has 0 spiro atoms. The molecule has 1 unspecified atom stereocenters. The molecule has 2 N–H and O–H groups in total. The van der Waals surface area contributed by atoms with E-state index in [9.17, 15) is 0 Å². The van der Waals surface area contributed by atoms with Crippen LogP contribution in [-0.2, 0) is 13.2 Å². The lowest BCUT2D eigenvalue weighted by atomic mass is 10.2. The van der Waals surface area contributed by atoms with Gasteiger partial charge in [0.15, 0.2) is 12.5 Å². The van der Waals surface area contributed by atoms with Gasteiger partial charge in [-0.05, 0) is 30.4 Å². The van der Waals surface area contributed by atoms with E-state index in [0.717, 1.165) is 28.8 Å². The predicted molar refractivity (Wildman–Crippen MR) is 102 cm³/mol. The Morgan fingerprint density at radius 1 is 1.29 bits per heavy atom. The summed E-state index contributed by atoms with van der Waals surface area (Å²) in [6.07, 6.45) is 1.92. The maximum absolute atomic E-state index is 6.03. The SMILES string of the molecule is C=CC[NH+](Cc1ccc(Cl)s1)Cn1[nH]c(-c2ccccc2)nc1=S. The number of quaternary nitrogens is 1. The highest BCUT2D eigenvalue weighted by molar-refractivity contribution is 7.71. The number of hydrogen-bond donors (Lipinski definition) is 2. The van der Waals surface area contributed by atoms with E-state index in [1.54, 1.807) is 11.3 Å². The zero-order valence-electron chi connectivity index (χ0n) is 13.0. The minimum atomic E-state index is 0.555. The van der Waals surface area contributed by atoms with Gasteiger partial charge in [0.2, 0.25) is 4.77 Å². The van der Waals surface area contributed by atoms with Gasteiger partial charge >= 0.3 is 0 Å². The molecule has 0 amide bonds. The molecular formula is C17H18ClN4S2+. The van der Waals surface area contributed by atoms with Gasteiger partial charge in [-0.2, -0.15) is 4.98 Å². The standard InChI is InChI=1S/C17H17ClN4S2/c1-2-10-21(11-14-8-9-15(18)24-14)12-22-17(23)19-16(20-22)13-6-4-3-5-7-13/h2-9H,1,10-12H2,(H,19,20,23)/p+1. The van der Waals surface area contributed by atoms with Crippen LogP contribution in [-0.4, -0.2) is 21.3 Å². The molecule has 0 fully saturated rings. The zero-order chi connectivity index (χ0) is 16.9. The summed E-state index contributed by atoms with van der Waals surface area (Å²) in [5.74, 6) is 0.790. The first-order valence-electron chi connectivity index (χ1n) is 7.56. The molecule has 7 heteroatoms. The Labute approximate surface area is 155 Å². The topological polar surface area (TPSA) is 38.0 Å². The number of aromatic amines is 1. The van der Waals surface area contributed by atoms with Crippen LogP contribution in [0.3, 0.4) is 0 Å². The van der Waals surface area contributed by atoms with Crippen molar-refractivity contribution in [2.24, 2.45) is 0 Å². The Hall–Kier alpha value is -1.73. The smallest absolute Gasteiger partial charge is 0.221 e. The highest BCUT2D eigenvalue weighted by Crippen LogP contribution is 2.20. The Morgan fingerprint density at radius 3 is 2.75 bits per heavy atom. The molecule has 1 aromatic carbocycles. The van der Waals surface area contributed by atoms with Gasteiger partial charge in [-0.3, -0.25) is 5.10 Å². The Kier molecular flexibility index (Phi) is 5.63. The summed E-state index contributed by atoms with van der Waals surface area (Å²) in [6, 6.07) is 14.0. The molecule has 0 radical (unpaired) electrons. The Balaban J connectivity index is 1.78. The summed E-state index contributed by atoms with van der Waals surface area (Å²) in [5, 5.41) is 3.30. The number of benzene rings is 1. The van der Waals surface area contributed by atoms with Crippen LogP contribution < -0.4 is 4.90 Å². The first-order valence-corrected chi connectivity index (χ1v) is 9.17. The van der Waals surface area contributed by atoms with Crippen LogP contribution in [0, 0.1) is 4.77 Å². The molecule has 24 heavy (non-hydrogen) atoms. The van der Waals surface area contributed by atoms with Crippen LogP contribution in [0.15, 0.2) is 55.1 Å². The third-order valence-corrected chi connectivity index (χ3v) is 5.14. The molecule has 2 heterocycles. The second kappa shape index (κ2) is 7.90. The van der Waals surface area contributed by atoms with Gasteiger partial charge in [0.05, 0.1) is 15.8 Å². The van der Waals surface area contributed by atoms with Gasteiger partial charge in [-0.25, -0.2) is 4.68 Å². The van der Waals surface area contributed by atoms with Crippen LogP contribution in [0.5, 0.6) is 0 Å². The van der Waals surface area contributed by atoms with Crippen LogP contribution in [0.2, 0.25) is 4.34 Å². The van der Waals surface area contributed by atoms with Crippen molar-refractivity contribution in [3.8, 4) is 11.4 Å². The van der Waals surface area contributed by atoms with E-state index >= 15 is 0 Å². The second-order valence-corrected chi connectivity index (χ2v) is 7.60. The number of nitrogens with zero attached hydrogens (tertiary/aromatic N) is 2. The number of aromatic nitrogens is 3. The molecule has 0 aliphatic heterocycles. The highest BCUT2D eigenvalue weighted by Gasteiger charge is 2.13. The van der Waals surface area contributed by atoms with E-state index in [4.69, 9.17) is 23.8 Å². The molecule has 1 atom stereocenters.